The van der Waals surface area contributed by atoms with Crippen molar-refractivity contribution in [3.63, 3.8) is 0 Å². The molecule has 1 aromatic carbocycles. The van der Waals surface area contributed by atoms with Crippen molar-refractivity contribution < 1.29 is 19.4 Å². The quantitative estimate of drug-likeness (QED) is 0.623. The van der Waals surface area contributed by atoms with E-state index in [0.717, 1.165) is 24.9 Å². The van der Waals surface area contributed by atoms with E-state index in [1.54, 1.807) is 6.07 Å². The zero-order chi connectivity index (χ0) is 16.6. The third-order valence-corrected chi connectivity index (χ3v) is 6.40. The molecule has 2 aliphatic heterocycles. The van der Waals surface area contributed by atoms with Crippen LogP contribution in [-0.4, -0.2) is 47.3 Å². The molecule has 0 radical (unpaired) electrons. The summed E-state index contributed by atoms with van der Waals surface area (Å²) in [6.07, 6.45) is 4.84. The lowest BCUT2D eigenvalue weighted by Gasteiger charge is -2.56. The number of carbonyl (C=O) groups excluding carboxylic acids is 1. The molecule has 5 nitrogen and oxygen atoms in total. The van der Waals surface area contributed by atoms with Crippen molar-refractivity contribution in [3.05, 3.63) is 35.4 Å². The highest BCUT2D eigenvalue weighted by Gasteiger charge is 2.64. The maximum atomic E-state index is 11.2. The Labute approximate surface area is 144 Å². The molecule has 5 rings (SSSR count). The number of carbonyl (C=O) groups is 1. The number of hydrogen-bond acceptors (Lipinski definition) is 5. The second-order valence-electron chi connectivity index (χ2n) is 7.25. The Bertz CT molecular complexity index is 779. The first kappa shape index (κ1) is 14.8. The zero-order valence-corrected chi connectivity index (χ0v) is 14.0. The van der Waals surface area contributed by atoms with Gasteiger partial charge in [-0.05, 0) is 38.1 Å². The average Bonchev–Trinajstić information content (AvgIpc) is 2.89. The van der Waals surface area contributed by atoms with Crippen LogP contribution in [0.4, 0.5) is 4.79 Å². The van der Waals surface area contributed by atoms with Crippen LogP contribution in [0.25, 0.3) is 0 Å². The van der Waals surface area contributed by atoms with E-state index in [0.29, 0.717) is 23.5 Å². The Morgan fingerprint density at radius 1 is 1.46 bits per heavy atom. The van der Waals surface area contributed by atoms with Gasteiger partial charge in [-0.1, -0.05) is 18.2 Å². The lowest BCUT2D eigenvalue weighted by atomic mass is 9.53. The fourth-order valence-corrected chi connectivity index (χ4v) is 5.48. The molecular weight excluding hydrogens is 330 g/mol. The van der Waals surface area contributed by atoms with Gasteiger partial charge in [0.1, 0.15) is 12.2 Å². The predicted molar refractivity (Wildman–Crippen MR) is 87.8 cm³/mol. The Morgan fingerprint density at radius 3 is 3.08 bits per heavy atom. The molecule has 0 amide bonds. The summed E-state index contributed by atoms with van der Waals surface area (Å²) in [7, 11) is 2.16. The molecule has 24 heavy (non-hydrogen) atoms. The highest BCUT2D eigenvalue weighted by Crippen LogP contribution is 2.62. The largest absolute Gasteiger partial charge is 0.482 e. The minimum atomic E-state index is -0.880. The van der Waals surface area contributed by atoms with Crippen LogP contribution in [0.15, 0.2) is 24.3 Å². The summed E-state index contributed by atoms with van der Waals surface area (Å²) in [6, 6.07) is 4.15. The SMILES string of the molecule is CN1CC[C@]23c4c5ccc(OC(=O)Cl)c4O[C@H]2[C@@H](O)C=C[C@H]3[C@H]1C5. The van der Waals surface area contributed by atoms with Crippen LogP contribution in [0.3, 0.4) is 0 Å². The molecule has 0 aromatic heterocycles. The number of aliphatic hydroxyl groups is 1. The normalized spacial score (nSPS) is 38.5. The fourth-order valence-electron chi connectivity index (χ4n) is 5.39. The van der Waals surface area contributed by atoms with Crippen molar-refractivity contribution in [1.82, 2.24) is 4.90 Å². The summed E-state index contributed by atoms with van der Waals surface area (Å²) >= 11 is 5.41. The minimum absolute atomic E-state index is 0.247. The number of halogens is 1. The van der Waals surface area contributed by atoms with E-state index < -0.39 is 11.5 Å². The van der Waals surface area contributed by atoms with Crippen LogP contribution in [-0.2, 0) is 11.8 Å². The van der Waals surface area contributed by atoms with Gasteiger partial charge < -0.3 is 19.5 Å². The van der Waals surface area contributed by atoms with Gasteiger partial charge in [-0.3, -0.25) is 0 Å². The highest BCUT2D eigenvalue weighted by atomic mass is 35.5. The van der Waals surface area contributed by atoms with Crippen molar-refractivity contribution in [2.45, 2.75) is 36.5 Å². The summed E-state index contributed by atoms with van der Waals surface area (Å²) in [5, 5.41) is 10.6. The molecule has 1 N–H and O–H groups in total. The van der Waals surface area contributed by atoms with Gasteiger partial charge in [0.25, 0.3) is 0 Å². The van der Waals surface area contributed by atoms with Gasteiger partial charge in [-0.15, -0.1) is 0 Å². The molecule has 5 atom stereocenters. The number of aliphatic hydroxyl groups excluding tert-OH is 1. The molecular formula is C18H18ClNO4. The van der Waals surface area contributed by atoms with Crippen LogP contribution >= 0.6 is 11.6 Å². The monoisotopic (exact) mass is 347 g/mol. The van der Waals surface area contributed by atoms with E-state index in [2.05, 4.69) is 18.0 Å². The van der Waals surface area contributed by atoms with Gasteiger partial charge >= 0.3 is 5.43 Å². The zero-order valence-electron chi connectivity index (χ0n) is 13.2. The average molecular weight is 348 g/mol. The summed E-state index contributed by atoms with van der Waals surface area (Å²) in [6.45, 7) is 0.958. The maximum absolute atomic E-state index is 11.2. The highest BCUT2D eigenvalue weighted by molar-refractivity contribution is 6.61. The first-order valence-corrected chi connectivity index (χ1v) is 8.67. The molecule has 1 spiro atoms. The Hall–Kier alpha value is -1.56. The molecule has 2 bridgehead atoms. The second kappa shape index (κ2) is 4.75. The Balaban J connectivity index is 1.76. The van der Waals surface area contributed by atoms with E-state index in [-0.39, 0.29) is 11.5 Å². The van der Waals surface area contributed by atoms with Crippen LogP contribution in [0.5, 0.6) is 11.5 Å². The second-order valence-corrected chi connectivity index (χ2v) is 7.56. The van der Waals surface area contributed by atoms with E-state index in [4.69, 9.17) is 21.1 Å². The third kappa shape index (κ3) is 1.65. The van der Waals surface area contributed by atoms with Gasteiger partial charge in [0, 0.05) is 34.5 Å². The van der Waals surface area contributed by atoms with Gasteiger partial charge in [0.2, 0.25) is 0 Å². The molecule has 0 saturated carbocycles. The first-order chi connectivity index (χ1) is 11.5. The number of piperidine rings is 1. The van der Waals surface area contributed by atoms with E-state index in [1.807, 2.05) is 12.1 Å². The summed E-state index contributed by atoms with van der Waals surface area (Å²) < 4.78 is 11.4. The van der Waals surface area contributed by atoms with Crippen LogP contribution in [0.2, 0.25) is 0 Å². The van der Waals surface area contributed by atoms with Gasteiger partial charge in [-0.25, -0.2) is 4.79 Å². The maximum Gasteiger partial charge on any atom is 0.409 e. The number of benzene rings is 1. The number of likely N-dealkylation sites (tertiary alicyclic amines) is 1. The number of hydrogen-bond donors (Lipinski definition) is 1. The summed E-state index contributed by atoms with van der Waals surface area (Å²) in [5.41, 5.74) is 1.20. The smallest absolute Gasteiger partial charge is 0.409 e. The van der Waals surface area contributed by atoms with Crippen LogP contribution in [0, 0.1) is 5.92 Å². The number of likely N-dealkylation sites (N-methyl/N-ethyl adjacent to an activating group) is 1. The Kier molecular flexibility index (Phi) is 2.92. The number of nitrogens with zero attached hydrogens (tertiary/aromatic N) is 1. The third-order valence-electron chi connectivity index (χ3n) is 6.32. The Morgan fingerprint density at radius 2 is 2.29 bits per heavy atom. The summed E-state index contributed by atoms with van der Waals surface area (Å²) in [4.78, 5) is 13.6. The molecule has 2 heterocycles. The summed E-state index contributed by atoms with van der Waals surface area (Å²) in [5.74, 6) is 1.23. The molecule has 1 fully saturated rings. The van der Waals surface area contributed by atoms with E-state index in [1.165, 1.54) is 5.56 Å². The van der Waals surface area contributed by atoms with Gasteiger partial charge in [0.05, 0.1) is 0 Å². The molecule has 6 heteroatoms. The standard InChI is InChI=1S/C18H18ClNO4/c1-20-7-6-18-10-3-4-12(21)16(18)24-15-13(23-17(19)22)5-2-9(14(15)18)8-11(10)20/h2-5,10-12,16,21H,6-8H2,1H3/t10-,11+,12-,16-,18-/m0/s1. The molecule has 1 aromatic rings. The topological polar surface area (TPSA) is 59.0 Å². The molecule has 1 saturated heterocycles. The predicted octanol–water partition coefficient (Wildman–Crippen LogP) is 2.23. The van der Waals surface area contributed by atoms with Crippen molar-refractivity contribution in [2.24, 2.45) is 5.92 Å². The first-order valence-electron chi connectivity index (χ1n) is 8.29. The number of rotatable bonds is 1. The van der Waals surface area contributed by atoms with Crippen molar-refractivity contribution in [1.29, 1.82) is 0 Å². The molecule has 0 unspecified atom stereocenters. The molecule has 2 aliphatic carbocycles. The van der Waals surface area contributed by atoms with E-state index in [9.17, 15) is 9.90 Å². The molecule has 4 aliphatic rings. The van der Waals surface area contributed by atoms with Gasteiger partial charge in [-0.2, -0.15) is 0 Å². The van der Waals surface area contributed by atoms with E-state index >= 15 is 0 Å². The lowest BCUT2D eigenvalue weighted by Crippen LogP contribution is -2.64. The minimum Gasteiger partial charge on any atom is -0.482 e. The van der Waals surface area contributed by atoms with Crippen molar-refractivity contribution >= 4 is 17.0 Å². The van der Waals surface area contributed by atoms with Gasteiger partial charge in [0.15, 0.2) is 11.5 Å². The van der Waals surface area contributed by atoms with Crippen LogP contribution in [0.1, 0.15) is 17.5 Å². The number of ether oxygens (including phenoxy) is 2. The fraction of sp³-hybridized carbons (Fsp3) is 0.500. The van der Waals surface area contributed by atoms with Crippen molar-refractivity contribution in [3.8, 4) is 11.5 Å². The van der Waals surface area contributed by atoms with Crippen LogP contribution < -0.4 is 9.47 Å². The lowest BCUT2D eigenvalue weighted by molar-refractivity contribution is -0.0452. The molecule has 126 valence electrons. The van der Waals surface area contributed by atoms with Crippen molar-refractivity contribution in [2.75, 3.05) is 13.6 Å².